The van der Waals surface area contributed by atoms with Crippen LogP contribution in [0.1, 0.15) is 11.1 Å². The van der Waals surface area contributed by atoms with Crippen LogP contribution in [0.3, 0.4) is 0 Å². The second-order valence-corrected chi connectivity index (χ2v) is 5.64. The average Bonchev–Trinajstić information content (AvgIpc) is 2.50. The van der Waals surface area contributed by atoms with E-state index in [9.17, 15) is 13.2 Å². The van der Waals surface area contributed by atoms with Gasteiger partial charge in [0.15, 0.2) is 0 Å². The van der Waals surface area contributed by atoms with Crippen LogP contribution in [-0.2, 0) is 0 Å². The summed E-state index contributed by atoms with van der Waals surface area (Å²) in [4.78, 5) is 0. The zero-order chi connectivity index (χ0) is 16.6. The molecule has 0 saturated carbocycles. The summed E-state index contributed by atoms with van der Waals surface area (Å²) in [5.41, 5.74) is 2.86. The third-order valence-electron chi connectivity index (χ3n) is 3.89. The van der Waals surface area contributed by atoms with Gasteiger partial charge in [-0.15, -0.1) is 0 Å². The van der Waals surface area contributed by atoms with Crippen molar-refractivity contribution < 1.29 is 13.2 Å². The molecule has 0 heterocycles. The molecule has 0 aliphatic rings. The highest BCUT2D eigenvalue weighted by molar-refractivity contribution is 5.71. The summed E-state index contributed by atoms with van der Waals surface area (Å²) < 4.78 is 42.1. The van der Waals surface area contributed by atoms with E-state index in [2.05, 4.69) is 0 Å². The molecular weight excluding hydrogens is 297 g/mol. The predicted molar refractivity (Wildman–Crippen MR) is 86.7 cm³/mol. The van der Waals surface area contributed by atoms with Crippen LogP contribution in [0.25, 0.3) is 22.3 Å². The second-order valence-electron chi connectivity index (χ2n) is 5.64. The molecule has 0 fully saturated rings. The topological polar surface area (TPSA) is 0 Å². The molecule has 0 aromatic heterocycles. The van der Waals surface area contributed by atoms with Crippen molar-refractivity contribution in [2.45, 2.75) is 13.8 Å². The Hall–Kier alpha value is -2.55. The van der Waals surface area contributed by atoms with Gasteiger partial charge < -0.3 is 0 Å². The highest BCUT2D eigenvalue weighted by Gasteiger charge is 2.11. The number of rotatable bonds is 2. The first kappa shape index (κ1) is 15.3. The molecule has 0 amide bonds. The third kappa shape index (κ3) is 3.00. The van der Waals surface area contributed by atoms with Crippen molar-refractivity contribution in [3.8, 4) is 22.3 Å². The minimum Gasteiger partial charge on any atom is -0.207 e. The van der Waals surface area contributed by atoms with Crippen LogP contribution in [0, 0.1) is 31.3 Å². The molecule has 0 saturated heterocycles. The zero-order valence-corrected chi connectivity index (χ0v) is 12.8. The Bertz CT molecular complexity index is 882. The molecule has 0 nitrogen and oxygen atoms in total. The van der Waals surface area contributed by atoms with Crippen molar-refractivity contribution >= 4 is 0 Å². The lowest BCUT2D eigenvalue weighted by Crippen LogP contribution is -1.91. The molecule has 0 spiro atoms. The van der Waals surface area contributed by atoms with Gasteiger partial charge in [-0.25, -0.2) is 13.2 Å². The molecule has 3 aromatic carbocycles. The van der Waals surface area contributed by atoms with Crippen molar-refractivity contribution in [1.29, 1.82) is 0 Å². The largest absolute Gasteiger partial charge is 0.207 e. The second kappa shape index (κ2) is 5.92. The van der Waals surface area contributed by atoms with Gasteiger partial charge in [-0.3, -0.25) is 0 Å². The van der Waals surface area contributed by atoms with E-state index in [0.717, 1.165) is 5.56 Å². The van der Waals surface area contributed by atoms with Crippen molar-refractivity contribution in [3.05, 3.63) is 83.2 Å². The van der Waals surface area contributed by atoms with Crippen LogP contribution >= 0.6 is 0 Å². The number of halogens is 3. The lowest BCUT2D eigenvalue weighted by molar-refractivity contribution is 0.617. The zero-order valence-electron chi connectivity index (χ0n) is 12.8. The number of aryl methyl sites for hydroxylation is 2. The molecule has 3 aromatic rings. The Kier molecular flexibility index (Phi) is 3.95. The van der Waals surface area contributed by atoms with Gasteiger partial charge >= 0.3 is 0 Å². The van der Waals surface area contributed by atoms with Crippen LogP contribution in [-0.4, -0.2) is 0 Å². The fourth-order valence-corrected chi connectivity index (χ4v) is 2.53. The molecule has 0 N–H and O–H groups in total. The van der Waals surface area contributed by atoms with Gasteiger partial charge in [-0.2, -0.15) is 0 Å². The Morgan fingerprint density at radius 3 is 1.65 bits per heavy atom. The summed E-state index contributed by atoms with van der Waals surface area (Å²) in [5, 5.41) is 0. The molecule has 3 heteroatoms. The molecule has 0 atom stereocenters. The molecule has 0 bridgehead atoms. The van der Waals surface area contributed by atoms with Crippen molar-refractivity contribution in [3.63, 3.8) is 0 Å². The van der Waals surface area contributed by atoms with Crippen molar-refractivity contribution in [2.24, 2.45) is 0 Å². The van der Waals surface area contributed by atoms with Crippen LogP contribution < -0.4 is 0 Å². The molecule has 23 heavy (non-hydrogen) atoms. The summed E-state index contributed by atoms with van der Waals surface area (Å²) in [6, 6.07) is 13.9. The van der Waals surface area contributed by atoms with Gasteiger partial charge in [0, 0.05) is 11.1 Å². The summed E-state index contributed by atoms with van der Waals surface area (Å²) in [6.45, 7) is 3.45. The normalized spacial score (nSPS) is 10.8. The van der Waals surface area contributed by atoms with Gasteiger partial charge in [-0.05, 0) is 54.3 Å². The van der Waals surface area contributed by atoms with Gasteiger partial charge in [0.05, 0.1) is 0 Å². The van der Waals surface area contributed by atoms with E-state index >= 15 is 0 Å². The molecule has 0 aliphatic heterocycles. The summed E-state index contributed by atoms with van der Waals surface area (Å²) in [5.74, 6) is -1.28. The van der Waals surface area contributed by atoms with Gasteiger partial charge in [-0.1, -0.05) is 36.4 Å². The number of hydrogen-bond donors (Lipinski definition) is 0. The Morgan fingerprint density at radius 1 is 0.565 bits per heavy atom. The maximum Gasteiger partial charge on any atom is 0.131 e. The van der Waals surface area contributed by atoms with E-state index in [1.807, 2.05) is 0 Å². The highest BCUT2D eigenvalue weighted by atomic mass is 19.1. The van der Waals surface area contributed by atoms with E-state index in [1.54, 1.807) is 50.2 Å². The predicted octanol–water partition coefficient (Wildman–Crippen LogP) is 6.05. The third-order valence-corrected chi connectivity index (χ3v) is 3.89. The minimum atomic E-state index is -0.509. The smallest absolute Gasteiger partial charge is 0.131 e. The Morgan fingerprint density at radius 2 is 1.09 bits per heavy atom. The monoisotopic (exact) mass is 312 g/mol. The van der Waals surface area contributed by atoms with Crippen molar-refractivity contribution in [1.82, 2.24) is 0 Å². The Balaban J connectivity index is 2.05. The first-order valence-corrected chi connectivity index (χ1v) is 7.28. The standard InChI is InChI=1S/C20H15F3/c1-12-3-7-16(19(22)9-12)15-6-8-17(20(23)11-15)14-5-4-13(2)18(21)10-14/h3-11H,1-2H3. The summed E-state index contributed by atoms with van der Waals surface area (Å²) in [7, 11) is 0. The van der Waals surface area contributed by atoms with E-state index in [1.165, 1.54) is 18.2 Å². The first-order valence-electron chi connectivity index (χ1n) is 7.28. The quantitative estimate of drug-likeness (QED) is 0.540. The lowest BCUT2D eigenvalue weighted by Gasteiger charge is -2.09. The van der Waals surface area contributed by atoms with E-state index in [-0.39, 0.29) is 5.82 Å². The molecular formula is C20H15F3. The van der Waals surface area contributed by atoms with E-state index < -0.39 is 11.6 Å². The fraction of sp³-hybridized carbons (Fsp3) is 0.100. The molecule has 0 aliphatic carbocycles. The van der Waals surface area contributed by atoms with Gasteiger partial charge in [0.25, 0.3) is 0 Å². The molecule has 0 radical (unpaired) electrons. The van der Waals surface area contributed by atoms with Gasteiger partial charge in [0.1, 0.15) is 17.5 Å². The van der Waals surface area contributed by atoms with Crippen LogP contribution in [0.5, 0.6) is 0 Å². The summed E-state index contributed by atoms with van der Waals surface area (Å²) >= 11 is 0. The van der Waals surface area contributed by atoms with Gasteiger partial charge in [0.2, 0.25) is 0 Å². The maximum absolute atomic E-state index is 14.4. The van der Waals surface area contributed by atoms with Crippen LogP contribution in [0.2, 0.25) is 0 Å². The number of hydrogen-bond acceptors (Lipinski definition) is 0. The SMILES string of the molecule is Cc1ccc(-c2ccc(-c3ccc(C)c(F)c3)c(F)c2)c(F)c1. The van der Waals surface area contributed by atoms with Crippen molar-refractivity contribution in [2.75, 3.05) is 0 Å². The van der Waals surface area contributed by atoms with Crippen LogP contribution in [0.15, 0.2) is 54.6 Å². The Labute approximate surface area is 133 Å². The first-order chi connectivity index (χ1) is 11.0. The highest BCUT2D eigenvalue weighted by Crippen LogP contribution is 2.30. The summed E-state index contributed by atoms with van der Waals surface area (Å²) in [6.07, 6.45) is 0. The molecule has 3 rings (SSSR count). The lowest BCUT2D eigenvalue weighted by atomic mass is 9.98. The molecule has 0 unspecified atom stereocenters. The van der Waals surface area contributed by atoms with E-state index in [4.69, 9.17) is 0 Å². The average molecular weight is 312 g/mol. The minimum absolute atomic E-state index is 0.292. The number of benzene rings is 3. The van der Waals surface area contributed by atoms with E-state index in [0.29, 0.717) is 27.8 Å². The van der Waals surface area contributed by atoms with Crippen LogP contribution in [0.4, 0.5) is 13.2 Å². The maximum atomic E-state index is 14.4. The molecule has 116 valence electrons. The fourth-order valence-electron chi connectivity index (χ4n) is 2.53.